The van der Waals surface area contributed by atoms with E-state index in [1.165, 1.54) is 12.8 Å². The van der Waals surface area contributed by atoms with E-state index in [-0.39, 0.29) is 4.90 Å². The van der Waals surface area contributed by atoms with E-state index in [0.717, 1.165) is 24.5 Å². The van der Waals surface area contributed by atoms with Gasteiger partial charge in [-0.05, 0) is 51.0 Å². The second kappa shape index (κ2) is 7.23. The number of H-pyrrole nitrogens is 1. The van der Waals surface area contributed by atoms with Gasteiger partial charge < -0.3 is 4.90 Å². The molecule has 0 aliphatic carbocycles. The van der Waals surface area contributed by atoms with Gasteiger partial charge in [-0.3, -0.25) is 9.82 Å². The molecule has 1 aromatic carbocycles. The molecule has 0 bridgehead atoms. The van der Waals surface area contributed by atoms with Crippen LogP contribution in [0.25, 0.3) is 11.3 Å². The molecule has 8 nitrogen and oxygen atoms in total. The van der Waals surface area contributed by atoms with Crippen molar-refractivity contribution in [3.05, 3.63) is 47.8 Å². The maximum Gasteiger partial charge on any atom is 0.265 e. The van der Waals surface area contributed by atoms with Gasteiger partial charge >= 0.3 is 0 Å². The van der Waals surface area contributed by atoms with Crippen molar-refractivity contribution < 1.29 is 8.42 Å². The number of aryl methyl sites for hydroxylation is 2. The minimum Gasteiger partial charge on any atom is -0.355 e. The van der Waals surface area contributed by atoms with Crippen molar-refractivity contribution in [1.82, 2.24) is 20.4 Å². The summed E-state index contributed by atoms with van der Waals surface area (Å²) in [4.78, 5) is 2.39. The molecule has 4 rings (SSSR count). The third-order valence-corrected chi connectivity index (χ3v) is 6.46. The lowest BCUT2D eigenvalue weighted by molar-refractivity contribution is 0.600. The number of anilines is 2. The Morgan fingerprint density at radius 2 is 1.86 bits per heavy atom. The lowest BCUT2D eigenvalue weighted by Gasteiger charge is -2.15. The molecule has 28 heavy (non-hydrogen) atoms. The number of rotatable bonds is 5. The summed E-state index contributed by atoms with van der Waals surface area (Å²) < 4.78 is 28.1. The van der Waals surface area contributed by atoms with Crippen molar-refractivity contribution in [1.29, 1.82) is 0 Å². The molecule has 146 valence electrons. The molecule has 1 saturated heterocycles. The Morgan fingerprint density at radius 3 is 2.50 bits per heavy atom. The maximum atomic E-state index is 12.7. The van der Waals surface area contributed by atoms with Gasteiger partial charge in [0, 0.05) is 24.3 Å². The van der Waals surface area contributed by atoms with Crippen LogP contribution in [0.3, 0.4) is 0 Å². The van der Waals surface area contributed by atoms with Gasteiger partial charge in [-0.1, -0.05) is 12.1 Å². The first kappa shape index (κ1) is 18.4. The number of aromatic amines is 1. The number of nitrogens with one attached hydrogen (secondary N) is 2. The van der Waals surface area contributed by atoms with Crippen LogP contribution >= 0.6 is 0 Å². The zero-order valence-electron chi connectivity index (χ0n) is 15.8. The predicted molar refractivity (Wildman–Crippen MR) is 108 cm³/mol. The largest absolute Gasteiger partial charge is 0.355 e. The molecule has 2 aromatic heterocycles. The lowest BCUT2D eigenvalue weighted by atomic mass is 10.1. The van der Waals surface area contributed by atoms with Gasteiger partial charge in [-0.25, -0.2) is 8.42 Å². The highest BCUT2D eigenvalue weighted by atomic mass is 32.2. The Labute approximate surface area is 164 Å². The SMILES string of the molecule is Cc1n[nH]c(C)c1S(=O)(=O)Nc1cccc(-c2ccc(N3CCCC3)nn2)c1. The molecule has 9 heteroatoms. The number of sulfonamides is 1. The average Bonchev–Trinajstić information content (AvgIpc) is 3.32. The Kier molecular flexibility index (Phi) is 4.76. The molecule has 1 fully saturated rings. The number of aromatic nitrogens is 4. The molecular weight excluding hydrogens is 376 g/mol. The van der Waals surface area contributed by atoms with Gasteiger partial charge in [-0.15, -0.1) is 10.2 Å². The van der Waals surface area contributed by atoms with Gasteiger partial charge in [0.25, 0.3) is 10.0 Å². The minimum atomic E-state index is -3.73. The molecule has 0 saturated carbocycles. The van der Waals surface area contributed by atoms with E-state index in [0.29, 0.717) is 22.8 Å². The first-order valence-corrected chi connectivity index (χ1v) is 10.7. The fourth-order valence-electron chi connectivity index (χ4n) is 3.48. The van der Waals surface area contributed by atoms with Crippen LogP contribution in [0.1, 0.15) is 24.2 Å². The second-order valence-electron chi connectivity index (χ2n) is 6.92. The summed E-state index contributed by atoms with van der Waals surface area (Å²) in [6.45, 7) is 5.37. The van der Waals surface area contributed by atoms with Crippen molar-refractivity contribution >= 4 is 21.5 Å². The molecule has 0 radical (unpaired) electrons. The predicted octanol–water partition coefficient (Wildman–Crippen LogP) is 2.88. The smallest absolute Gasteiger partial charge is 0.265 e. The first-order valence-electron chi connectivity index (χ1n) is 9.17. The van der Waals surface area contributed by atoms with E-state index in [2.05, 4.69) is 30.0 Å². The molecule has 1 aliphatic heterocycles. The average molecular weight is 398 g/mol. The van der Waals surface area contributed by atoms with Crippen molar-refractivity contribution in [3.8, 4) is 11.3 Å². The molecule has 0 atom stereocenters. The van der Waals surface area contributed by atoms with E-state index >= 15 is 0 Å². The van der Waals surface area contributed by atoms with Crippen molar-refractivity contribution in [2.24, 2.45) is 0 Å². The molecule has 0 unspecified atom stereocenters. The Bertz CT molecular complexity index is 1070. The summed E-state index contributed by atoms with van der Waals surface area (Å²) in [6.07, 6.45) is 2.36. The summed E-state index contributed by atoms with van der Waals surface area (Å²) in [7, 11) is -3.73. The van der Waals surface area contributed by atoms with Crippen LogP contribution in [0.5, 0.6) is 0 Å². The van der Waals surface area contributed by atoms with Gasteiger partial charge in [0.1, 0.15) is 4.90 Å². The van der Waals surface area contributed by atoms with E-state index < -0.39 is 10.0 Å². The quantitative estimate of drug-likeness (QED) is 0.685. The second-order valence-corrected chi connectivity index (χ2v) is 8.54. The standard InChI is InChI=1S/C19H22N6O2S/c1-13-19(14(2)21-20-13)28(26,27)24-16-7-5-6-15(12-16)17-8-9-18(23-22-17)25-10-3-4-11-25/h5-9,12,24H,3-4,10-11H2,1-2H3,(H,20,21). The Balaban J connectivity index is 1.58. The van der Waals surface area contributed by atoms with Gasteiger partial charge in [-0.2, -0.15) is 5.10 Å². The topological polar surface area (TPSA) is 104 Å². The molecule has 3 aromatic rings. The van der Waals surface area contributed by atoms with Crippen LogP contribution < -0.4 is 9.62 Å². The third-order valence-electron chi connectivity index (χ3n) is 4.82. The Hall–Kier alpha value is -2.94. The van der Waals surface area contributed by atoms with Crippen molar-refractivity contribution in [2.45, 2.75) is 31.6 Å². The van der Waals surface area contributed by atoms with Crippen LogP contribution in [0.4, 0.5) is 11.5 Å². The molecule has 1 aliphatic rings. The molecule has 2 N–H and O–H groups in total. The zero-order chi connectivity index (χ0) is 19.7. The van der Waals surface area contributed by atoms with Gasteiger partial charge in [0.2, 0.25) is 0 Å². The normalized spacial score (nSPS) is 14.4. The summed E-state index contributed by atoms with van der Waals surface area (Å²) in [6, 6.07) is 11.0. The Morgan fingerprint density at radius 1 is 1.07 bits per heavy atom. The summed E-state index contributed by atoms with van der Waals surface area (Å²) in [5.74, 6) is 0.879. The molecule has 0 amide bonds. The van der Waals surface area contributed by atoms with Gasteiger partial charge in [0.05, 0.1) is 17.1 Å². The number of hydrogen-bond donors (Lipinski definition) is 2. The summed E-state index contributed by atoms with van der Waals surface area (Å²) in [5, 5.41) is 15.3. The van der Waals surface area contributed by atoms with Crippen LogP contribution in [0.15, 0.2) is 41.3 Å². The number of nitrogens with zero attached hydrogens (tertiary/aromatic N) is 4. The number of hydrogen-bond acceptors (Lipinski definition) is 6. The first-order chi connectivity index (χ1) is 13.4. The minimum absolute atomic E-state index is 0.174. The van der Waals surface area contributed by atoms with Crippen molar-refractivity contribution in [3.63, 3.8) is 0 Å². The summed E-state index contributed by atoms with van der Waals surface area (Å²) >= 11 is 0. The van der Waals surface area contributed by atoms with E-state index in [1.807, 2.05) is 18.2 Å². The van der Waals surface area contributed by atoms with E-state index in [1.54, 1.807) is 32.0 Å². The highest BCUT2D eigenvalue weighted by Gasteiger charge is 2.22. The highest BCUT2D eigenvalue weighted by Crippen LogP contribution is 2.25. The van der Waals surface area contributed by atoms with E-state index in [9.17, 15) is 8.42 Å². The summed E-state index contributed by atoms with van der Waals surface area (Å²) in [5.41, 5.74) is 2.89. The van der Waals surface area contributed by atoms with Crippen molar-refractivity contribution in [2.75, 3.05) is 22.7 Å². The van der Waals surface area contributed by atoms with Crippen LogP contribution in [0, 0.1) is 13.8 Å². The molecule has 3 heterocycles. The molecular formula is C19H22N6O2S. The van der Waals surface area contributed by atoms with Gasteiger partial charge in [0.15, 0.2) is 5.82 Å². The van der Waals surface area contributed by atoms with E-state index in [4.69, 9.17) is 0 Å². The van der Waals surface area contributed by atoms with Crippen LogP contribution in [-0.4, -0.2) is 41.9 Å². The highest BCUT2D eigenvalue weighted by molar-refractivity contribution is 7.92. The lowest BCUT2D eigenvalue weighted by Crippen LogP contribution is -2.19. The fraction of sp³-hybridized carbons (Fsp3) is 0.316. The molecule has 0 spiro atoms. The third kappa shape index (κ3) is 3.57. The van der Waals surface area contributed by atoms with Crippen LogP contribution in [0.2, 0.25) is 0 Å². The van der Waals surface area contributed by atoms with Crippen LogP contribution in [-0.2, 0) is 10.0 Å². The monoisotopic (exact) mass is 398 g/mol. The fourth-order valence-corrected chi connectivity index (χ4v) is 4.90. The zero-order valence-corrected chi connectivity index (χ0v) is 16.6. The maximum absolute atomic E-state index is 12.7. The number of benzene rings is 1.